The van der Waals surface area contributed by atoms with E-state index in [1.165, 1.54) is 11.1 Å². The fraction of sp³-hybridized carbons (Fsp3) is 0.533. The molecule has 18 heavy (non-hydrogen) atoms. The van der Waals surface area contributed by atoms with Crippen LogP contribution in [0.15, 0.2) is 18.2 Å². The molecule has 98 valence electrons. The number of nitrogens with one attached hydrogen (secondary N) is 1. The van der Waals surface area contributed by atoms with Crippen LogP contribution in [0.5, 0.6) is 0 Å². The molecule has 3 nitrogen and oxygen atoms in total. The van der Waals surface area contributed by atoms with Gasteiger partial charge >= 0.3 is 5.97 Å². The smallest absolute Gasteiger partial charge is 0.325 e. The molecule has 0 aromatic heterocycles. The maximum Gasteiger partial charge on any atom is 0.325 e. The molecule has 1 heterocycles. The van der Waals surface area contributed by atoms with Crippen molar-refractivity contribution in [3.63, 3.8) is 0 Å². The summed E-state index contributed by atoms with van der Waals surface area (Å²) in [6.45, 7) is 6.34. The van der Waals surface area contributed by atoms with Gasteiger partial charge in [0, 0.05) is 6.04 Å². The summed E-state index contributed by atoms with van der Waals surface area (Å²) in [4.78, 5) is 11.4. The van der Waals surface area contributed by atoms with Gasteiger partial charge in [-0.05, 0) is 35.4 Å². The van der Waals surface area contributed by atoms with Gasteiger partial charge in [0.1, 0.15) is 6.04 Å². The van der Waals surface area contributed by atoms with Crippen LogP contribution in [-0.4, -0.2) is 17.1 Å². The van der Waals surface area contributed by atoms with Gasteiger partial charge in [-0.15, -0.1) is 0 Å². The minimum atomic E-state index is -0.782. The predicted molar refractivity (Wildman–Crippen MR) is 71.8 cm³/mol. The van der Waals surface area contributed by atoms with Gasteiger partial charge in [-0.1, -0.05) is 39.0 Å². The summed E-state index contributed by atoms with van der Waals surface area (Å²) in [6, 6.07) is 5.99. The first-order chi connectivity index (χ1) is 8.52. The molecule has 3 heteroatoms. The van der Waals surface area contributed by atoms with E-state index in [0.29, 0.717) is 5.92 Å². The second-order valence-electron chi connectivity index (χ2n) is 5.36. The zero-order valence-corrected chi connectivity index (χ0v) is 11.2. The lowest BCUT2D eigenvalue weighted by molar-refractivity contribution is -0.140. The van der Waals surface area contributed by atoms with Crippen molar-refractivity contribution in [2.45, 2.75) is 51.6 Å². The third-order valence-electron chi connectivity index (χ3n) is 3.76. The second-order valence-corrected chi connectivity index (χ2v) is 5.36. The Labute approximate surface area is 108 Å². The SMILES string of the molecule is CCC1Cc2ccc(C(C)C)cc2C(C(=O)O)N1. The van der Waals surface area contributed by atoms with Crippen LogP contribution in [0.3, 0.4) is 0 Å². The predicted octanol–water partition coefficient (Wildman–Crippen LogP) is 2.86. The van der Waals surface area contributed by atoms with Crippen LogP contribution < -0.4 is 5.32 Å². The number of hydrogen-bond acceptors (Lipinski definition) is 2. The van der Waals surface area contributed by atoms with E-state index in [1.54, 1.807) is 0 Å². The van der Waals surface area contributed by atoms with Crippen molar-refractivity contribution in [2.75, 3.05) is 0 Å². The Kier molecular flexibility index (Phi) is 3.71. The molecule has 1 aromatic rings. The lowest BCUT2D eigenvalue weighted by Gasteiger charge is -2.31. The molecule has 0 radical (unpaired) electrons. The fourth-order valence-electron chi connectivity index (χ4n) is 2.54. The highest BCUT2D eigenvalue weighted by atomic mass is 16.4. The summed E-state index contributed by atoms with van der Waals surface area (Å²) in [5.41, 5.74) is 3.33. The van der Waals surface area contributed by atoms with Crippen molar-refractivity contribution in [1.82, 2.24) is 5.32 Å². The Morgan fingerprint density at radius 1 is 1.50 bits per heavy atom. The van der Waals surface area contributed by atoms with Crippen LogP contribution >= 0.6 is 0 Å². The van der Waals surface area contributed by atoms with Gasteiger partial charge in [0.15, 0.2) is 0 Å². The van der Waals surface area contributed by atoms with E-state index in [0.717, 1.165) is 18.4 Å². The molecule has 0 saturated heterocycles. The average molecular weight is 247 g/mol. The number of aliphatic carboxylic acids is 1. The van der Waals surface area contributed by atoms with Crippen LogP contribution in [0, 0.1) is 0 Å². The Balaban J connectivity index is 2.43. The third kappa shape index (κ3) is 2.41. The van der Waals surface area contributed by atoms with Gasteiger partial charge in [-0.2, -0.15) is 0 Å². The third-order valence-corrected chi connectivity index (χ3v) is 3.76. The first kappa shape index (κ1) is 13.1. The van der Waals surface area contributed by atoms with Gasteiger partial charge in [0.05, 0.1) is 0 Å². The minimum Gasteiger partial charge on any atom is -0.480 e. The Bertz CT molecular complexity index is 454. The highest BCUT2D eigenvalue weighted by Gasteiger charge is 2.30. The molecule has 2 unspecified atom stereocenters. The summed E-state index contributed by atoms with van der Waals surface area (Å²) < 4.78 is 0. The van der Waals surface area contributed by atoms with Crippen molar-refractivity contribution in [3.8, 4) is 0 Å². The van der Waals surface area contributed by atoms with Crippen LogP contribution in [0.4, 0.5) is 0 Å². The largest absolute Gasteiger partial charge is 0.480 e. The van der Waals surface area contributed by atoms with Crippen molar-refractivity contribution in [2.24, 2.45) is 0 Å². The van der Waals surface area contributed by atoms with Crippen molar-refractivity contribution < 1.29 is 9.90 Å². The maximum atomic E-state index is 11.4. The van der Waals surface area contributed by atoms with E-state index in [1.807, 2.05) is 0 Å². The average Bonchev–Trinajstić information content (AvgIpc) is 2.36. The fourth-order valence-corrected chi connectivity index (χ4v) is 2.54. The monoisotopic (exact) mass is 247 g/mol. The minimum absolute atomic E-state index is 0.267. The van der Waals surface area contributed by atoms with E-state index in [9.17, 15) is 9.90 Å². The van der Waals surface area contributed by atoms with Crippen LogP contribution in [0.2, 0.25) is 0 Å². The topological polar surface area (TPSA) is 49.3 Å². The summed E-state index contributed by atoms with van der Waals surface area (Å²) in [6.07, 6.45) is 1.88. The number of carboxylic acids is 1. The summed E-state index contributed by atoms with van der Waals surface area (Å²) in [7, 11) is 0. The highest BCUT2D eigenvalue weighted by molar-refractivity contribution is 5.76. The zero-order chi connectivity index (χ0) is 13.3. The molecule has 0 amide bonds. The van der Waals surface area contributed by atoms with Crippen LogP contribution in [-0.2, 0) is 11.2 Å². The van der Waals surface area contributed by atoms with Gasteiger partial charge < -0.3 is 5.11 Å². The Morgan fingerprint density at radius 3 is 2.78 bits per heavy atom. The van der Waals surface area contributed by atoms with Gasteiger partial charge in [0.2, 0.25) is 0 Å². The van der Waals surface area contributed by atoms with E-state index in [2.05, 4.69) is 44.3 Å². The molecule has 1 aliphatic heterocycles. The standard InChI is InChI=1S/C15H21NO2/c1-4-12-7-11-6-5-10(9(2)3)8-13(11)14(16-12)15(17)18/h5-6,8-9,12,14,16H,4,7H2,1-3H3,(H,17,18). The highest BCUT2D eigenvalue weighted by Crippen LogP contribution is 2.29. The maximum absolute atomic E-state index is 11.4. The molecule has 2 atom stereocenters. The van der Waals surface area contributed by atoms with Crippen molar-refractivity contribution in [3.05, 3.63) is 34.9 Å². The molecule has 2 N–H and O–H groups in total. The molecule has 0 saturated carbocycles. The molecule has 0 aliphatic carbocycles. The number of fused-ring (bicyclic) bond motifs is 1. The van der Waals surface area contributed by atoms with Crippen LogP contribution in [0.1, 0.15) is 55.8 Å². The lowest BCUT2D eigenvalue weighted by Crippen LogP contribution is -2.42. The van der Waals surface area contributed by atoms with E-state index in [-0.39, 0.29) is 6.04 Å². The van der Waals surface area contributed by atoms with Crippen molar-refractivity contribution >= 4 is 5.97 Å². The number of hydrogen-bond donors (Lipinski definition) is 2. The van der Waals surface area contributed by atoms with Gasteiger partial charge in [-0.3, -0.25) is 10.1 Å². The Hall–Kier alpha value is -1.35. The number of carboxylic acid groups (broad SMARTS) is 1. The Morgan fingerprint density at radius 2 is 2.22 bits per heavy atom. The molecular formula is C15H21NO2. The molecular weight excluding hydrogens is 226 g/mol. The quantitative estimate of drug-likeness (QED) is 0.863. The van der Waals surface area contributed by atoms with E-state index >= 15 is 0 Å². The first-order valence-corrected chi connectivity index (χ1v) is 6.64. The second kappa shape index (κ2) is 5.11. The number of benzene rings is 1. The molecule has 1 aromatic carbocycles. The number of rotatable bonds is 3. The van der Waals surface area contributed by atoms with Gasteiger partial charge in [0.25, 0.3) is 0 Å². The first-order valence-electron chi connectivity index (χ1n) is 6.64. The lowest BCUT2D eigenvalue weighted by atomic mass is 9.86. The molecule has 2 rings (SSSR count). The molecule has 0 bridgehead atoms. The summed E-state index contributed by atoms with van der Waals surface area (Å²) >= 11 is 0. The molecule has 0 fully saturated rings. The normalized spacial score (nSPS) is 22.9. The van der Waals surface area contributed by atoms with E-state index < -0.39 is 12.0 Å². The van der Waals surface area contributed by atoms with Crippen molar-refractivity contribution in [1.29, 1.82) is 0 Å². The van der Waals surface area contributed by atoms with Crippen LogP contribution in [0.25, 0.3) is 0 Å². The van der Waals surface area contributed by atoms with E-state index in [4.69, 9.17) is 0 Å². The number of carbonyl (C=O) groups is 1. The molecule has 1 aliphatic rings. The zero-order valence-electron chi connectivity index (χ0n) is 11.2. The van der Waals surface area contributed by atoms with Gasteiger partial charge in [-0.25, -0.2) is 0 Å². The molecule has 0 spiro atoms. The summed E-state index contributed by atoms with van der Waals surface area (Å²) in [5.74, 6) is -0.357. The summed E-state index contributed by atoms with van der Waals surface area (Å²) in [5, 5.41) is 12.6.